The molecule has 0 spiro atoms. The van der Waals surface area contributed by atoms with E-state index in [0.717, 1.165) is 16.8 Å². The van der Waals surface area contributed by atoms with E-state index in [1.165, 1.54) is 0 Å². The second kappa shape index (κ2) is 8.13. The molecule has 25 heavy (non-hydrogen) atoms. The van der Waals surface area contributed by atoms with Crippen molar-refractivity contribution in [3.05, 3.63) is 95.6 Å². The van der Waals surface area contributed by atoms with E-state index in [1.807, 2.05) is 66.7 Å². The van der Waals surface area contributed by atoms with E-state index >= 15 is 0 Å². The van der Waals surface area contributed by atoms with Crippen molar-refractivity contribution in [2.24, 2.45) is 0 Å². The first kappa shape index (κ1) is 16.7. The van der Waals surface area contributed by atoms with E-state index in [-0.39, 0.29) is 12.5 Å². The smallest absolute Gasteiger partial charge is 0.255 e. The Bertz CT molecular complexity index is 829. The molecule has 0 fully saturated rings. The van der Waals surface area contributed by atoms with Crippen molar-refractivity contribution in [3.8, 4) is 5.75 Å². The van der Waals surface area contributed by atoms with Crippen LogP contribution in [0.5, 0.6) is 5.75 Å². The Balaban J connectivity index is 1.61. The Hall–Kier alpha value is -3.11. The van der Waals surface area contributed by atoms with E-state index in [1.54, 1.807) is 12.1 Å². The summed E-state index contributed by atoms with van der Waals surface area (Å²) >= 11 is 0. The molecule has 0 aliphatic carbocycles. The predicted molar refractivity (Wildman–Crippen MR) is 97.5 cm³/mol. The minimum atomic E-state index is -0.149. The second-order valence-corrected chi connectivity index (χ2v) is 5.57. The quantitative estimate of drug-likeness (QED) is 0.716. The number of anilines is 1. The minimum Gasteiger partial charge on any atom is -0.489 e. The molecule has 0 saturated heterocycles. The summed E-state index contributed by atoms with van der Waals surface area (Å²) in [6.45, 7) is 0.312. The first-order valence-electron chi connectivity index (χ1n) is 8.03. The number of amides is 1. The van der Waals surface area contributed by atoms with Gasteiger partial charge in [0.05, 0.1) is 6.61 Å². The molecule has 0 radical (unpaired) electrons. The highest BCUT2D eigenvalue weighted by Gasteiger charge is 2.07. The molecule has 0 atom stereocenters. The fourth-order valence-corrected chi connectivity index (χ4v) is 2.41. The molecule has 0 saturated carbocycles. The van der Waals surface area contributed by atoms with Crippen LogP contribution in [0, 0.1) is 0 Å². The molecule has 4 heteroatoms. The summed E-state index contributed by atoms with van der Waals surface area (Å²) in [6.07, 6.45) is 0. The molecule has 0 aromatic heterocycles. The summed E-state index contributed by atoms with van der Waals surface area (Å²) in [7, 11) is 0. The van der Waals surface area contributed by atoms with Gasteiger partial charge in [0.2, 0.25) is 0 Å². The van der Waals surface area contributed by atoms with E-state index in [2.05, 4.69) is 5.32 Å². The lowest BCUT2D eigenvalue weighted by Crippen LogP contribution is -2.11. The van der Waals surface area contributed by atoms with Crippen LogP contribution in [0.2, 0.25) is 0 Å². The maximum atomic E-state index is 12.2. The summed E-state index contributed by atoms with van der Waals surface area (Å²) in [5.74, 6) is 0.514. The number of aliphatic hydroxyl groups excluding tert-OH is 1. The zero-order chi connectivity index (χ0) is 17.5. The highest BCUT2D eigenvalue weighted by molar-refractivity contribution is 6.04. The standard InChI is InChI=1S/C21H19NO3/c23-14-18-6-4-5-9-20(18)25-15-16-10-12-17(13-11-16)21(24)22-19-7-2-1-3-8-19/h1-13,23H,14-15H2,(H,22,24). The summed E-state index contributed by atoms with van der Waals surface area (Å²) in [5, 5.41) is 12.2. The Morgan fingerprint density at radius 1 is 0.880 bits per heavy atom. The molecule has 3 aromatic carbocycles. The molecule has 126 valence electrons. The van der Waals surface area contributed by atoms with Crippen LogP contribution in [0.3, 0.4) is 0 Å². The first-order valence-corrected chi connectivity index (χ1v) is 8.03. The Morgan fingerprint density at radius 3 is 2.28 bits per heavy atom. The van der Waals surface area contributed by atoms with Gasteiger partial charge < -0.3 is 15.2 Å². The van der Waals surface area contributed by atoms with Crippen LogP contribution >= 0.6 is 0 Å². The van der Waals surface area contributed by atoms with Gasteiger partial charge in [-0.05, 0) is 35.9 Å². The normalized spacial score (nSPS) is 10.3. The minimum absolute atomic E-state index is 0.0607. The topological polar surface area (TPSA) is 58.6 Å². The van der Waals surface area contributed by atoms with Gasteiger partial charge in [-0.1, -0.05) is 48.5 Å². The third kappa shape index (κ3) is 4.46. The molecule has 4 nitrogen and oxygen atoms in total. The van der Waals surface area contributed by atoms with Gasteiger partial charge in [0, 0.05) is 16.8 Å². The summed E-state index contributed by atoms with van der Waals surface area (Å²) in [4.78, 5) is 12.2. The number of para-hydroxylation sites is 2. The Labute approximate surface area is 146 Å². The number of hydrogen-bond acceptors (Lipinski definition) is 3. The number of carbonyl (C=O) groups is 1. The molecule has 0 heterocycles. The van der Waals surface area contributed by atoms with Crippen LogP contribution in [0.4, 0.5) is 5.69 Å². The van der Waals surface area contributed by atoms with E-state index in [9.17, 15) is 9.90 Å². The third-order valence-corrected chi connectivity index (χ3v) is 3.79. The van der Waals surface area contributed by atoms with Crippen LogP contribution in [0.25, 0.3) is 0 Å². The molecule has 3 rings (SSSR count). The van der Waals surface area contributed by atoms with Crippen molar-refractivity contribution in [2.45, 2.75) is 13.2 Å². The SMILES string of the molecule is O=C(Nc1ccccc1)c1ccc(COc2ccccc2CO)cc1. The van der Waals surface area contributed by atoms with Gasteiger partial charge in [0.25, 0.3) is 5.91 Å². The lowest BCUT2D eigenvalue weighted by Gasteiger charge is -2.10. The van der Waals surface area contributed by atoms with Crippen molar-refractivity contribution in [1.82, 2.24) is 0 Å². The van der Waals surface area contributed by atoms with Crippen molar-refractivity contribution in [1.29, 1.82) is 0 Å². The van der Waals surface area contributed by atoms with Gasteiger partial charge in [-0.25, -0.2) is 0 Å². The molecule has 0 aliphatic rings. The lowest BCUT2D eigenvalue weighted by molar-refractivity contribution is 0.102. The number of rotatable bonds is 6. The van der Waals surface area contributed by atoms with Gasteiger partial charge >= 0.3 is 0 Å². The number of benzene rings is 3. The van der Waals surface area contributed by atoms with Gasteiger partial charge in [-0.3, -0.25) is 4.79 Å². The van der Waals surface area contributed by atoms with Crippen LogP contribution in [0.15, 0.2) is 78.9 Å². The first-order chi connectivity index (χ1) is 12.3. The summed E-state index contributed by atoms with van der Waals surface area (Å²) in [6, 6.07) is 24.0. The monoisotopic (exact) mass is 333 g/mol. The molecule has 1 amide bonds. The largest absolute Gasteiger partial charge is 0.489 e. The summed E-state index contributed by atoms with van der Waals surface area (Å²) in [5.41, 5.74) is 3.05. The molecule has 2 N–H and O–H groups in total. The fraction of sp³-hybridized carbons (Fsp3) is 0.0952. The molecular weight excluding hydrogens is 314 g/mol. The highest BCUT2D eigenvalue weighted by atomic mass is 16.5. The van der Waals surface area contributed by atoms with Crippen LogP contribution in [-0.2, 0) is 13.2 Å². The number of hydrogen-bond donors (Lipinski definition) is 2. The highest BCUT2D eigenvalue weighted by Crippen LogP contribution is 2.19. The number of aliphatic hydroxyl groups is 1. The third-order valence-electron chi connectivity index (χ3n) is 3.79. The Kier molecular flexibility index (Phi) is 5.44. The van der Waals surface area contributed by atoms with Crippen molar-refractivity contribution in [3.63, 3.8) is 0 Å². The zero-order valence-electron chi connectivity index (χ0n) is 13.7. The molecule has 3 aromatic rings. The van der Waals surface area contributed by atoms with E-state index < -0.39 is 0 Å². The van der Waals surface area contributed by atoms with Crippen LogP contribution < -0.4 is 10.1 Å². The van der Waals surface area contributed by atoms with Gasteiger partial charge in [-0.15, -0.1) is 0 Å². The lowest BCUT2D eigenvalue weighted by atomic mass is 10.1. The average Bonchev–Trinajstić information content (AvgIpc) is 2.67. The summed E-state index contributed by atoms with van der Waals surface area (Å²) < 4.78 is 5.75. The van der Waals surface area contributed by atoms with Crippen LogP contribution in [0.1, 0.15) is 21.5 Å². The fourth-order valence-electron chi connectivity index (χ4n) is 2.41. The Morgan fingerprint density at radius 2 is 1.56 bits per heavy atom. The van der Waals surface area contributed by atoms with Gasteiger partial charge in [0.1, 0.15) is 12.4 Å². The van der Waals surface area contributed by atoms with Gasteiger partial charge in [0.15, 0.2) is 0 Å². The maximum absolute atomic E-state index is 12.2. The van der Waals surface area contributed by atoms with Crippen molar-refractivity contribution < 1.29 is 14.6 Å². The average molecular weight is 333 g/mol. The second-order valence-electron chi connectivity index (χ2n) is 5.57. The molecule has 0 unspecified atom stereocenters. The predicted octanol–water partition coefficient (Wildman–Crippen LogP) is 4.01. The maximum Gasteiger partial charge on any atom is 0.255 e. The molecule has 0 bridgehead atoms. The van der Waals surface area contributed by atoms with Crippen molar-refractivity contribution >= 4 is 11.6 Å². The molecule has 0 aliphatic heterocycles. The number of carbonyl (C=O) groups excluding carboxylic acids is 1. The van der Waals surface area contributed by atoms with Crippen LogP contribution in [-0.4, -0.2) is 11.0 Å². The van der Waals surface area contributed by atoms with Crippen molar-refractivity contribution in [2.75, 3.05) is 5.32 Å². The zero-order valence-corrected chi connectivity index (χ0v) is 13.7. The number of nitrogens with one attached hydrogen (secondary N) is 1. The van der Waals surface area contributed by atoms with E-state index in [0.29, 0.717) is 17.9 Å². The number of ether oxygens (including phenoxy) is 1. The van der Waals surface area contributed by atoms with E-state index in [4.69, 9.17) is 4.74 Å². The molecular formula is C21H19NO3. The van der Waals surface area contributed by atoms with Gasteiger partial charge in [-0.2, -0.15) is 0 Å².